The highest BCUT2D eigenvalue weighted by Crippen LogP contribution is 2.24. The molecule has 0 atom stereocenters. The van der Waals surface area contributed by atoms with Crippen LogP contribution in [0.1, 0.15) is 15.9 Å². The fourth-order valence-corrected chi connectivity index (χ4v) is 2.72. The van der Waals surface area contributed by atoms with Crippen molar-refractivity contribution < 1.29 is 27.8 Å². The van der Waals surface area contributed by atoms with Crippen LogP contribution in [0.3, 0.4) is 0 Å². The van der Waals surface area contributed by atoms with Crippen molar-refractivity contribution in [3.05, 3.63) is 70.5 Å². The van der Waals surface area contributed by atoms with E-state index in [1.807, 2.05) is 0 Å². The zero-order valence-electron chi connectivity index (χ0n) is 15.0. The van der Waals surface area contributed by atoms with E-state index in [1.165, 1.54) is 31.6 Å². The van der Waals surface area contributed by atoms with Gasteiger partial charge in [0, 0.05) is 19.4 Å². The van der Waals surface area contributed by atoms with E-state index in [2.05, 4.69) is 15.0 Å². The minimum absolute atomic E-state index is 0.0278. The van der Waals surface area contributed by atoms with E-state index in [9.17, 15) is 27.9 Å². The molecule has 0 unspecified atom stereocenters. The number of carbonyl (C=O) groups is 1. The summed E-state index contributed by atoms with van der Waals surface area (Å²) in [7, 11) is 1.46. The summed E-state index contributed by atoms with van der Waals surface area (Å²) in [6.45, 7) is -0.0278. The van der Waals surface area contributed by atoms with Gasteiger partial charge in [-0.2, -0.15) is 0 Å². The van der Waals surface area contributed by atoms with Crippen LogP contribution in [0.25, 0.3) is 5.69 Å². The van der Waals surface area contributed by atoms with Gasteiger partial charge in [-0.05, 0) is 35.9 Å². The number of hydrogen-bond donors (Lipinski definition) is 2. The molecule has 11 heteroatoms. The number of ether oxygens (including phenoxy) is 1. The van der Waals surface area contributed by atoms with Crippen molar-refractivity contribution in [2.75, 3.05) is 7.05 Å². The first kappa shape index (κ1) is 20.0. The Morgan fingerprint density at radius 2 is 1.93 bits per heavy atom. The van der Waals surface area contributed by atoms with Crippen molar-refractivity contribution in [1.82, 2.24) is 19.4 Å². The molecule has 0 saturated carbocycles. The maximum absolute atomic E-state index is 12.7. The van der Waals surface area contributed by atoms with Gasteiger partial charge in [0.25, 0.3) is 5.91 Å². The molecular weight excluding hydrogens is 393 g/mol. The summed E-state index contributed by atoms with van der Waals surface area (Å²) >= 11 is 0. The molecule has 0 aliphatic carbocycles. The van der Waals surface area contributed by atoms with Gasteiger partial charge >= 0.3 is 12.1 Å². The SMILES string of the molecule is CNC(=O)c1cnccc1Cn1cc(O)n(-c2ccc(OC(F)(F)F)cc2)c1=O. The first-order valence-corrected chi connectivity index (χ1v) is 8.22. The number of nitrogens with one attached hydrogen (secondary N) is 1. The summed E-state index contributed by atoms with van der Waals surface area (Å²) in [5.41, 5.74) is 0.254. The molecule has 8 nitrogen and oxygen atoms in total. The number of hydrogen-bond acceptors (Lipinski definition) is 5. The number of halogens is 3. The number of imidazole rings is 1. The predicted molar refractivity (Wildman–Crippen MR) is 95.1 cm³/mol. The first-order valence-electron chi connectivity index (χ1n) is 8.22. The Hall–Kier alpha value is -3.76. The predicted octanol–water partition coefficient (Wildman–Crippen LogP) is 2.05. The summed E-state index contributed by atoms with van der Waals surface area (Å²) < 4.78 is 42.7. The second-order valence-electron chi connectivity index (χ2n) is 5.89. The third kappa shape index (κ3) is 4.39. The average molecular weight is 408 g/mol. The lowest BCUT2D eigenvalue weighted by molar-refractivity contribution is -0.274. The van der Waals surface area contributed by atoms with Crippen LogP contribution < -0.4 is 15.7 Å². The molecule has 0 saturated heterocycles. The molecule has 0 radical (unpaired) electrons. The summed E-state index contributed by atoms with van der Waals surface area (Å²) in [6.07, 6.45) is -0.855. The number of aromatic hydroxyl groups is 1. The summed E-state index contributed by atoms with van der Waals surface area (Å²) in [6, 6.07) is 6.02. The number of benzene rings is 1. The van der Waals surface area contributed by atoms with Gasteiger partial charge in [-0.25, -0.2) is 9.36 Å². The van der Waals surface area contributed by atoms with Crippen molar-refractivity contribution in [2.24, 2.45) is 0 Å². The summed E-state index contributed by atoms with van der Waals surface area (Å²) in [5.74, 6) is -1.26. The highest BCUT2D eigenvalue weighted by molar-refractivity contribution is 5.95. The number of alkyl halides is 3. The third-order valence-corrected chi connectivity index (χ3v) is 3.99. The van der Waals surface area contributed by atoms with Crippen LogP contribution in [0.15, 0.2) is 53.7 Å². The molecule has 1 aromatic carbocycles. The number of aromatic nitrogens is 3. The normalized spacial score (nSPS) is 11.3. The Labute approximate surface area is 161 Å². The summed E-state index contributed by atoms with van der Waals surface area (Å²) in [4.78, 5) is 28.5. The molecule has 152 valence electrons. The van der Waals surface area contributed by atoms with Crippen molar-refractivity contribution in [1.29, 1.82) is 0 Å². The zero-order valence-corrected chi connectivity index (χ0v) is 15.0. The van der Waals surface area contributed by atoms with Gasteiger partial charge in [0.05, 0.1) is 24.0 Å². The van der Waals surface area contributed by atoms with E-state index >= 15 is 0 Å². The second-order valence-corrected chi connectivity index (χ2v) is 5.89. The van der Waals surface area contributed by atoms with Crippen LogP contribution in [0.4, 0.5) is 13.2 Å². The Morgan fingerprint density at radius 1 is 1.24 bits per heavy atom. The molecule has 29 heavy (non-hydrogen) atoms. The molecular formula is C18H15F3N4O4. The molecule has 0 bridgehead atoms. The Bertz CT molecular complexity index is 1090. The lowest BCUT2D eigenvalue weighted by Crippen LogP contribution is -2.25. The minimum Gasteiger partial charge on any atom is -0.493 e. The van der Waals surface area contributed by atoms with E-state index in [0.29, 0.717) is 5.56 Å². The monoisotopic (exact) mass is 408 g/mol. The molecule has 3 rings (SSSR count). The van der Waals surface area contributed by atoms with Crippen LogP contribution >= 0.6 is 0 Å². The first-order chi connectivity index (χ1) is 13.7. The number of nitrogens with zero attached hydrogens (tertiary/aromatic N) is 3. The van der Waals surface area contributed by atoms with Crippen molar-refractivity contribution in [3.8, 4) is 17.3 Å². The Morgan fingerprint density at radius 3 is 2.55 bits per heavy atom. The quantitative estimate of drug-likeness (QED) is 0.673. The minimum atomic E-state index is -4.84. The molecule has 2 heterocycles. The van der Waals surface area contributed by atoms with Gasteiger partial charge in [-0.3, -0.25) is 14.3 Å². The van der Waals surface area contributed by atoms with Gasteiger partial charge < -0.3 is 15.2 Å². The average Bonchev–Trinajstić information content (AvgIpc) is 2.94. The standard InChI is InChI=1S/C18H15F3N4O4/c1-22-16(27)14-8-23-7-6-11(14)9-24-10-15(26)25(17(24)28)12-2-4-13(5-3-12)29-18(19,20)21/h2-8,10,26H,9H2,1H3,(H,22,27). The number of rotatable bonds is 5. The van der Waals surface area contributed by atoms with Crippen LogP contribution in [-0.2, 0) is 6.54 Å². The molecule has 0 spiro atoms. The van der Waals surface area contributed by atoms with Gasteiger partial charge in [0.15, 0.2) is 0 Å². The third-order valence-electron chi connectivity index (χ3n) is 3.99. The van der Waals surface area contributed by atoms with Crippen LogP contribution in [0.2, 0.25) is 0 Å². The smallest absolute Gasteiger partial charge is 0.493 e. The van der Waals surface area contributed by atoms with Crippen molar-refractivity contribution in [2.45, 2.75) is 12.9 Å². The largest absolute Gasteiger partial charge is 0.573 e. The maximum atomic E-state index is 12.7. The van der Waals surface area contributed by atoms with E-state index in [0.717, 1.165) is 27.5 Å². The van der Waals surface area contributed by atoms with Crippen LogP contribution in [0, 0.1) is 0 Å². The second kappa shape index (κ2) is 7.70. The van der Waals surface area contributed by atoms with E-state index in [-0.39, 0.29) is 23.7 Å². The molecule has 2 N–H and O–H groups in total. The molecule has 0 aliphatic rings. The maximum Gasteiger partial charge on any atom is 0.573 e. The summed E-state index contributed by atoms with van der Waals surface area (Å²) in [5, 5.41) is 12.6. The number of amides is 1. The Kier molecular flexibility index (Phi) is 5.31. The lowest BCUT2D eigenvalue weighted by atomic mass is 10.1. The number of carbonyl (C=O) groups excluding carboxylic acids is 1. The van der Waals surface area contributed by atoms with Gasteiger partial charge in [-0.15, -0.1) is 13.2 Å². The molecule has 0 fully saturated rings. The van der Waals surface area contributed by atoms with E-state index in [4.69, 9.17) is 0 Å². The van der Waals surface area contributed by atoms with Gasteiger partial charge in [0.2, 0.25) is 5.88 Å². The highest BCUT2D eigenvalue weighted by atomic mass is 19.4. The highest BCUT2D eigenvalue weighted by Gasteiger charge is 2.31. The molecule has 2 aromatic heterocycles. The molecule has 1 amide bonds. The zero-order chi connectivity index (χ0) is 21.2. The fourth-order valence-electron chi connectivity index (χ4n) is 2.72. The van der Waals surface area contributed by atoms with Crippen molar-refractivity contribution >= 4 is 5.91 Å². The number of pyridine rings is 1. The van der Waals surface area contributed by atoms with Gasteiger partial charge in [0.1, 0.15) is 5.75 Å². The van der Waals surface area contributed by atoms with Gasteiger partial charge in [-0.1, -0.05) is 0 Å². The topological polar surface area (TPSA) is 98.4 Å². The van der Waals surface area contributed by atoms with Crippen LogP contribution in [0.5, 0.6) is 11.6 Å². The van der Waals surface area contributed by atoms with E-state index in [1.54, 1.807) is 6.07 Å². The van der Waals surface area contributed by atoms with Crippen molar-refractivity contribution in [3.63, 3.8) is 0 Å². The fraction of sp³-hybridized carbons (Fsp3) is 0.167. The van der Waals surface area contributed by atoms with Crippen LogP contribution in [-0.4, -0.2) is 38.5 Å². The van der Waals surface area contributed by atoms with E-state index < -0.39 is 23.7 Å². The lowest BCUT2D eigenvalue weighted by Gasteiger charge is -2.09. The Balaban J connectivity index is 1.92. The molecule has 0 aliphatic heterocycles. The molecule has 3 aromatic rings.